The van der Waals surface area contributed by atoms with Crippen molar-refractivity contribution in [3.63, 3.8) is 0 Å². The number of fused-ring (bicyclic) bond motifs is 1. The molecule has 5 heteroatoms. The highest BCUT2D eigenvalue weighted by molar-refractivity contribution is 7.13. The van der Waals surface area contributed by atoms with Crippen LogP contribution in [0.3, 0.4) is 0 Å². The second-order valence-corrected chi connectivity index (χ2v) is 5.43. The predicted octanol–water partition coefficient (Wildman–Crippen LogP) is 2.77. The molecule has 1 aliphatic heterocycles. The molecule has 1 aromatic carbocycles. The molecule has 0 atom stereocenters. The van der Waals surface area contributed by atoms with Crippen LogP contribution >= 0.6 is 11.5 Å². The third-order valence-corrected chi connectivity index (χ3v) is 4.35. The van der Waals surface area contributed by atoms with Crippen LogP contribution in [-0.4, -0.2) is 28.8 Å². The normalized spacial score (nSPS) is 17.3. The Morgan fingerprint density at radius 2 is 2.17 bits per heavy atom. The molecule has 1 aliphatic rings. The topological polar surface area (TPSA) is 33.2 Å². The zero-order valence-electron chi connectivity index (χ0n) is 9.80. The summed E-state index contributed by atoms with van der Waals surface area (Å²) in [6.07, 6.45) is 2.79. The first kappa shape index (κ1) is 11.6. The Bertz CT molecular complexity index is 575. The molecular formula is C13H13FN2OS. The van der Waals surface area contributed by atoms with E-state index in [1.54, 1.807) is 4.90 Å². The van der Waals surface area contributed by atoms with Crippen LogP contribution in [0.25, 0.3) is 10.1 Å². The Kier molecular flexibility index (Phi) is 2.99. The summed E-state index contributed by atoms with van der Waals surface area (Å²) in [5.74, 6) is 0.175. The molecule has 1 amide bonds. The van der Waals surface area contributed by atoms with Crippen LogP contribution in [0.5, 0.6) is 0 Å². The van der Waals surface area contributed by atoms with Crippen molar-refractivity contribution in [3.8, 4) is 0 Å². The van der Waals surface area contributed by atoms with Gasteiger partial charge in [-0.25, -0.2) is 4.39 Å². The average Bonchev–Trinajstić information content (AvgIpc) is 2.81. The van der Waals surface area contributed by atoms with Gasteiger partial charge in [0.2, 0.25) is 6.41 Å². The number of piperidine rings is 1. The monoisotopic (exact) mass is 264 g/mol. The molecule has 94 valence electrons. The van der Waals surface area contributed by atoms with Crippen LogP contribution in [0.15, 0.2) is 18.2 Å². The molecule has 1 saturated heterocycles. The van der Waals surface area contributed by atoms with Gasteiger partial charge in [0.25, 0.3) is 0 Å². The summed E-state index contributed by atoms with van der Waals surface area (Å²) in [4.78, 5) is 12.5. The molecule has 0 radical (unpaired) electrons. The fourth-order valence-electron chi connectivity index (χ4n) is 2.50. The van der Waals surface area contributed by atoms with Crippen molar-refractivity contribution >= 4 is 28.0 Å². The van der Waals surface area contributed by atoms with Gasteiger partial charge in [-0.1, -0.05) is 0 Å². The van der Waals surface area contributed by atoms with Crippen molar-refractivity contribution in [2.45, 2.75) is 18.8 Å². The molecule has 3 nitrogen and oxygen atoms in total. The number of carbonyl (C=O) groups excluding carboxylic acids is 1. The van der Waals surface area contributed by atoms with E-state index in [1.165, 1.54) is 23.7 Å². The summed E-state index contributed by atoms with van der Waals surface area (Å²) in [5.41, 5.74) is 1.07. The van der Waals surface area contributed by atoms with E-state index in [0.717, 1.165) is 48.1 Å². The number of rotatable bonds is 2. The van der Waals surface area contributed by atoms with Crippen molar-refractivity contribution in [3.05, 3.63) is 29.7 Å². The molecule has 0 unspecified atom stereocenters. The number of carbonyl (C=O) groups is 1. The molecule has 0 spiro atoms. The van der Waals surface area contributed by atoms with Crippen molar-refractivity contribution in [2.24, 2.45) is 0 Å². The number of likely N-dealkylation sites (tertiary alicyclic amines) is 1. The highest BCUT2D eigenvalue weighted by Gasteiger charge is 2.23. The number of halogens is 1. The average molecular weight is 264 g/mol. The van der Waals surface area contributed by atoms with E-state index in [2.05, 4.69) is 4.37 Å². The summed E-state index contributed by atoms with van der Waals surface area (Å²) in [6, 6.07) is 4.84. The van der Waals surface area contributed by atoms with Gasteiger partial charge >= 0.3 is 0 Å². The van der Waals surface area contributed by atoms with Gasteiger partial charge in [0.15, 0.2) is 0 Å². The zero-order chi connectivity index (χ0) is 12.5. The van der Waals surface area contributed by atoms with E-state index in [-0.39, 0.29) is 5.82 Å². The van der Waals surface area contributed by atoms with E-state index < -0.39 is 0 Å². The maximum absolute atomic E-state index is 13.1. The Balaban J connectivity index is 1.89. The number of benzene rings is 1. The smallest absolute Gasteiger partial charge is 0.209 e. The summed E-state index contributed by atoms with van der Waals surface area (Å²) < 4.78 is 18.5. The largest absolute Gasteiger partial charge is 0.345 e. The van der Waals surface area contributed by atoms with E-state index in [4.69, 9.17) is 0 Å². The first-order valence-electron chi connectivity index (χ1n) is 6.02. The fraction of sp³-hybridized carbons (Fsp3) is 0.385. The van der Waals surface area contributed by atoms with Gasteiger partial charge in [-0.3, -0.25) is 4.79 Å². The SMILES string of the molecule is O=CN1CCC(c2nsc3cc(F)ccc23)CC1. The first-order chi connectivity index (χ1) is 8.78. The van der Waals surface area contributed by atoms with Crippen LogP contribution in [0.2, 0.25) is 0 Å². The third kappa shape index (κ3) is 1.99. The molecular weight excluding hydrogens is 251 g/mol. The van der Waals surface area contributed by atoms with Gasteiger partial charge in [-0.05, 0) is 42.6 Å². The lowest BCUT2D eigenvalue weighted by molar-refractivity contribution is -0.119. The Morgan fingerprint density at radius 1 is 1.39 bits per heavy atom. The molecule has 1 aromatic heterocycles. The van der Waals surface area contributed by atoms with Crippen LogP contribution in [0.4, 0.5) is 4.39 Å². The van der Waals surface area contributed by atoms with Crippen LogP contribution < -0.4 is 0 Å². The molecule has 0 aliphatic carbocycles. The second-order valence-electron chi connectivity index (χ2n) is 4.62. The zero-order valence-corrected chi connectivity index (χ0v) is 10.6. The molecule has 0 bridgehead atoms. The lowest BCUT2D eigenvalue weighted by Crippen LogP contribution is -2.31. The second kappa shape index (κ2) is 4.65. The molecule has 3 rings (SSSR count). The minimum Gasteiger partial charge on any atom is -0.345 e. The van der Waals surface area contributed by atoms with Gasteiger partial charge in [0.05, 0.1) is 10.4 Å². The quantitative estimate of drug-likeness (QED) is 0.781. The van der Waals surface area contributed by atoms with Gasteiger partial charge in [0.1, 0.15) is 5.82 Å². The molecule has 0 N–H and O–H groups in total. The van der Waals surface area contributed by atoms with Crippen molar-refractivity contribution < 1.29 is 9.18 Å². The molecule has 2 aromatic rings. The number of aromatic nitrogens is 1. The standard InChI is InChI=1S/C13H13FN2OS/c14-10-1-2-11-12(7-10)18-15-13(11)9-3-5-16(8-17)6-4-9/h1-2,7-9H,3-6H2. The Hall–Kier alpha value is -1.49. The molecule has 18 heavy (non-hydrogen) atoms. The van der Waals surface area contributed by atoms with E-state index in [0.29, 0.717) is 5.92 Å². The molecule has 0 saturated carbocycles. The predicted molar refractivity (Wildman–Crippen MR) is 69.2 cm³/mol. The maximum Gasteiger partial charge on any atom is 0.209 e. The Labute approximate surface area is 108 Å². The Morgan fingerprint density at radius 3 is 2.89 bits per heavy atom. The van der Waals surface area contributed by atoms with E-state index in [9.17, 15) is 9.18 Å². The summed E-state index contributed by atoms with van der Waals surface area (Å²) in [7, 11) is 0. The van der Waals surface area contributed by atoms with Gasteiger partial charge in [-0.15, -0.1) is 0 Å². The van der Waals surface area contributed by atoms with E-state index in [1.807, 2.05) is 6.07 Å². The van der Waals surface area contributed by atoms with Crippen molar-refractivity contribution in [1.29, 1.82) is 0 Å². The third-order valence-electron chi connectivity index (χ3n) is 3.53. The highest BCUT2D eigenvalue weighted by atomic mass is 32.1. The summed E-state index contributed by atoms with van der Waals surface area (Å²) in [6.45, 7) is 1.57. The summed E-state index contributed by atoms with van der Waals surface area (Å²) in [5, 5.41) is 1.06. The highest BCUT2D eigenvalue weighted by Crippen LogP contribution is 2.34. The maximum atomic E-state index is 13.1. The fourth-order valence-corrected chi connectivity index (χ4v) is 3.38. The lowest BCUT2D eigenvalue weighted by atomic mass is 9.92. The van der Waals surface area contributed by atoms with Crippen LogP contribution in [0, 0.1) is 5.82 Å². The number of hydrogen-bond donors (Lipinski definition) is 0. The van der Waals surface area contributed by atoms with Gasteiger partial charge in [-0.2, -0.15) is 4.37 Å². The molecule has 1 fully saturated rings. The summed E-state index contributed by atoms with van der Waals surface area (Å²) >= 11 is 1.36. The number of nitrogens with zero attached hydrogens (tertiary/aromatic N) is 2. The van der Waals surface area contributed by atoms with E-state index >= 15 is 0 Å². The number of amides is 1. The number of hydrogen-bond acceptors (Lipinski definition) is 3. The van der Waals surface area contributed by atoms with Crippen molar-refractivity contribution in [1.82, 2.24) is 9.27 Å². The van der Waals surface area contributed by atoms with Crippen LogP contribution in [0.1, 0.15) is 24.5 Å². The first-order valence-corrected chi connectivity index (χ1v) is 6.79. The minimum absolute atomic E-state index is 0.214. The van der Waals surface area contributed by atoms with Crippen LogP contribution in [-0.2, 0) is 4.79 Å². The lowest BCUT2D eigenvalue weighted by Gasteiger charge is -2.28. The van der Waals surface area contributed by atoms with Crippen molar-refractivity contribution in [2.75, 3.05) is 13.1 Å². The minimum atomic E-state index is -0.214. The van der Waals surface area contributed by atoms with Gasteiger partial charge in [0, 0.05) is 24.4 Å². The molecule has 2 heterocycles. The van der Waals surface area contributed by atoms with Gasteiger partial charge < -0.3 is 4.90 Å².